The Bertz CT molecular complexity index is 634. The van der Waals surface area contributed by atoms with Crippen LogP contribution in [0, 0.1) is 5.92 Å². The van der Waals surface area contributed by atoms with Crippen LogP contribution >= 0.6 is 12.4 Å². The van der Waals surface area contributed by atoms with Crippen molar-refractivity contribution in [2.45, 2.75) is 81.6 Å². The number of carbonyl (C=O) groups is 1. The number of likely N-dealkylation sites (N-methyl/N-ethyl adjacent to an activating group) is 1. The van der Waals surface area contributed by atoms with E-state index in [9.17, 15) is 4.79 Å². The number of nitrogens with zero attached hydrogens (tertiary/aromatic N) is 1. The first-order valence-electron chi connectivity index (χ1n) is 10.7. The number of piperidine rings is 1. The minimum Gasteiger partial charge on any atom is -0.462 e. The molecule has 4 nitrogen and oxygen atoms in total. The fourth-order valence-corrected chi connectivity index (χ4v) is 5.69. The first-order valence-corrected chi connectivity index (χ1v) is 10.7. The van der Waals surface area contributed by atoms with Gasteiger partial charge >= 0.3 is 5.97 Å². The van der Waals surface area contributed by atoms with Crippen molar-refractivity contribution in [3.63, 3.8) is 0 Å². The van der Waals surface area contributed by atoms with Gasteiger partial charge in [0.1, 0.15) is 6.10 Å². The Labute approximate surface area is 175 Å². The summed E-state index contributed by atoms with van der Waals surface area (Å²) in [5.41, 5.74) is 1.13. The Morgan fingerprint density at radius 2 is 1.79 bits per heavy atom. The highest BCUT2D eigenvalue weighted by Gasteiger charge is 2.46. The SMILES string of the molecule is COC1C[C@H]2C[C@H](OC(=O)C(c3ccccc3)C3CCCCC3)C[C@@H]1N2C.Cl. The molecule has 1 aromatic carbocycles. The van der Waals surface area contributed by atoms with Gasteiger partial charge in [-0.2, -0.15) is 0 Å². The zero-order valence-corrected chi connectivity index (χ0v) is 17.9. The lowest BCUT2D eigenvalue weighted by atomic mass is 9.77. The quantitative estimate of drug-likeness (QED) is 0.670. The third-order valence-corrected chi connectivity index (χ3v) is 7.19. The first kappa shape index (κ1) is 21.6. The number of fused-ring (bicyclic) bond motifs is 2. The molecule has 2 saturated heterocycles. The second-order valence-electron chi connectivity index (χ2n) is 8.71. The normalized spacial score (nSPS) is 31.8. The van der Waals surface area contributed by atoms with Gasteiger partial charge in [-0.1, -0.05) is 49.6 Å². The van der Waals surface area contributed by atoms with Gasteiger partial charge in [-0.3, -0.25) is 9.69 Å². The van der Waals surface area contributed by atoms with E-state index in [0.717, 1.165) is 37.7 Å². The van der Waals surface area contributed by atoms with Crippen LogP contribution < -0.4 is 0 Å². The van der Waals surface area contributed by atoms with E-state index >= 15 is 0 Å². The molecule has 3 aliphatic rings. The van der Waals surface area contributed by atoms with E-state index in [1.807, 2.05) is 18.2 Å². The predicted octanol–water partition coefficient (Wildman–Crippen LogP) is 4.57. The van der Waals surface area contributed by atoms with E-state index in [0.29, 0.717) is 18.0 Å². The topological polar surface area (TPSA) is 38.8 Å². The van der Waals surface area contributed by atoms with Crippen LogP contribution in [0.4, 0.5) is 0 Å². The van der Waals surface area contributed by atoms with Gasteiger partial charge in [-0.15, -0.1) is 12.4 Å². The lowest BCUT2D eigenvalue weighted by Crippen LogP contribution is -2.46. The van der Waals surface area contributed by atoms with Crippen molar-refractivity contribution in [2.75, 3.05) is 14.2 Å². The van der Waals surface area contributed by atoms with Crippen molar-refractivity contribution in [3.8, 4) is 0 Å². The number of benzene rings is 1. The summed E-state index contributed by atoms with van der Waals surface area (Å²) in [5, 5.41) is 0. The molecule has 5 atom stereocenters. The van der Waals surface area contributed by atoms with E-state index in [1.54, 1.807) is 7.11 Å². The van der Waals surface area contributed by atoms with Crippen LogP contribution in [-0.4, -0.2) is 49.3 Å². The molecule has 0 radical (unpaired) electrons. The highest BCUT2D eigenvalue weighted by molar-refractivity contribution is 5.85. The molecule has 0 amide bonds. The third-order valence-electron chi connectivity index (χ3n) is 7.19. The second kappa shape index (κ2) is 9.60. The summed E-state index contributed by atoms with van der Waals surface area (Å²) in [7, 11) is 3.98. The predicted molar refractivity (Wildman–Crippen MR) is 113 cm³/mol. The molecule has 3 fully saturated rings. The smallest absolute Gasteiger partial charge is 0.313 e. The lowest BCUT2D eigenvalue weighted by Gasteiger charge is -2.37. The zero-order valence-electron chi connectivity index (χ0n) is 17.1. The molecule has 5 heteroatoms. The summed E-state index contributed by atoms with van der Waals surface area (Å²) in [6, 6.07) is 11.1. The molecule has 1 saturated carbocycles. The summed E-state index contributed by atoms with van der Waals surface area (Å²) in [4.78, 5) is 15.7. The molecule has 2 bridgehead atoms. The first-order chi connectivity index (χ1) is 13.2. The van der Waals surface area contributed by atoms with Gasteiger partial charge in [0.2, 0.25) is 0 Å². The Hall–Kier alpha value is -1.10. The number of rotatable bonds is 5. The molecular weight excluding hydrogens is 374 g/mol. The Balaban J connectivity index is 0.00000225. The van der Waals surface area contributed by atoms with Gasteiger partial charge in [-0.25, -0.2) is 0 Å². The van der Waals surface area contributed by atoms with E-state index < -0.39 is 0 Å². The van der Waals surface area contributed by atoms with Crippen LogP contribution in [0.2, 0.25) is 0 Å². The maximum absolute atomic E-state index is 13.3. The number of esters is 1. The number of carbonyl (C=O) groups excluding carboxylic acids is 1. The summed E-state index contributed by atoms with van der Waals surface area (Å²) in [6.07, 6.45) is 9.21. The van der Waals surface area contributed by atoms with Gasteiger partial charge in [-0.05, 0) is 37.8 Å². The van der Waals surface area contributed by atoms with E-state index in [1.165, 1.54) is 19.3 Å². The number of hydrogen-bond acceptors (Lipinski definition) is 4. The summed E-state index contributed by atoms with van der Waals surface area (Å²) in [6.45, 7) is 0. The molecule has 4 rings (SSSR count). The highest BCUT2D eigenvalue weighted by Crippen LogP contribution is 2.40. The van der Waals surface area contributed by atoms with Crippen molar-refractivity contribution < 1.29 is 14.3 Å². The second-order valence-corrected chi connectivity index (χ2v) is 8.71. The monoisotopic (exact) mass is 407 g/mol. The van der Waals surface area contributed by atoms with Crippen LogP contribution in [0.25, 0.3) is 0 Å². The molecule has 0 aromatic heterocycles. The zero-order chi connectivity index (χ0) is 18.8. The number of halogens is 1. The lowest BCUT2D eigenvalue weighted by molar-refractivity contribution is -0.156. The fraction of sp³-hybridized carbons (Fsp3) is 0.696. The van der Waals surface area contributed by atoms with E-state index in [-0.39, 0.29) is 36.5 Å². The molecule has 28 heavy (non-hydrogen) atoms. The minimum absolute atomic E-state index is 0. The highest BCUT2D eigenvalue weighted by atomic mass is 35.5. The van der Waals surface area contributed by atoms with Crippen LogP contribution in [0.15, 0.2) is 30.3 Å². The standard InChI is InChI=1S/C23H33NO3.ClH/c1-24-18-13-19(15-20(24)21(14-18)26-2)27-23(25)22(16-9-5-3-6-10-16)17-11-7-4-8-12-17;/h3,5-6,9-10,17-22H,4,7-8,11-15H2,1-2H3;1H/t18-,19+,20+,21?,22?;/m1./s1. The summed E-state index contributed by atoms with van der Waals surface area (Å²) < 4.78 is 11.8. The van der Waals surface area contributed by atoms with Crippen LogP contribution in [0.5, 0.6) is 0 Å². The molecule has 1 aliphatic carbocycles. The summed E-state index contributed by atoms with van der Waals surface area (Å²) >= 11 is 0. The molecule has 2 aliphatic heterocycles. The van der Waals surface area contributed by atoms with E-state index in [2.05, 4.69) is 24.1 Å². The Morgan fingerprint density at radius 3 is 2.46 bits per heavy atom. The number of methoxy groups -OCH3 is 1. The van der Waals surface area contributed by atoms with Gasteiger partial charge in [0.25, 0.3) is 0 Å². The van der Waals surface area contributed by atoms with Crippen LogP contribution in [0.3, 0.4) is 0 Å². The van der Waals surface area contributed by atoms with Crippen LogP contribution in [-0.2, 0) is 14.3 Å². The minimum atomic E-state index is -0.109. The van der Waals surface area contributed by atoms with Gasteiger partial charge in [0, 0.05) is 32.0 Å². The molecular formula is C23H34ClNO3. The molecule has 1 aromatic rings. The average Bonchev–Trinajstić information content (AvgIpc) is 2.87. The largest absolute Gasteiger partial charge is 0.462 e. The Kier molecular flexibility index (Phi) is 7.41. The maximum atomic E-state index is 13.3. The van der Waals surface area contributed by atoms with Gasteiger partial charge in [0.05, 0.1) is 12.0 Å². The molecule has 0 spiro atoms. The van der Waals surface area contributed by atoms with Crippen molar-refractivity contribution in [2.24, 2.45) is 5.92 Å². The van der Waals surface area contributed by atoms with Gasteiger partial charge in [0.15, 0.2) is 0 Å². The summed E-state index contributed by atoms with van der Waals surface area (Å²) in [5.74, 6) is 0.307. The third kappa shape index (κ3) is 4.39. The number of ether oxygens (including phenoxy) is 2. The maximum Gasteiger partial charge on any atom is 0.313 e. The van der Waals surface area contributed by atoms with Crippen molar-refractivity contribution in [1.82, 2.24) is 4.90 Å². The molecule has 2 unspecified atom stereocenters. The molecule has 2 heterocycles. The molecule has 0 N–H and O–H groups in total. The van der Waals surface area contributed by atoms with Crippen molar-refractivity contribution >= 4 is 18.4 Å². The van der Waals surface area contributed by atoms with Crippen molar-refractivity contribution in [1.29, 1.82) is 0 Å². The van der Waals surface area contributed by atoms with Crippen LogP contribution in [0.1, 0.15) is 62.8 Å². The Morgan fingerprint density at radius 1 is 1.07 bits per heavy atom. The fourth-order valence-electron chi connectivity index (χ4n) is 5.69. The van der Waals surface area contributed by atoms with E-state index in [4.69, 9.17) is 9.47 Å². The van der Waals surface area contributed by atoms with Crippen molar-refractivity contribution in [3.05, 3.63) is 35.9 Å². The van der Waals surface area contributed by atoms with Gasteiger partial charge < -0.3 is 9.47 Å². The average molecular weight is 408 g/mol. The number of hydrogen-bond donors (Lipinski definition) is 0. The molecule has 156 valence electrons.